The van der Waals surface area contributed by atoms with Crippen LogP contribution in [-0.2, 0) is 5.33 Å². The Bertz CT molecular complexity index is 439. The lowest BCUT2D eigenvalue weighted by Crippen LogP contribution is -1.90. The van der Waals surface area contributed by atoms with Crippen LogP contribution in [0.3, 0.4) is 0 Å². The molecular weight excluding hydrogens is 246 g/mol. The first-order chi connectivity index (χ1) is 6.83. The highest BCUT2D eigenvalue weighted by Gasteiger charge is 2.06. The van der Waals surface area contributed by atoms with Gasteiger partial charge in [-0.3, -0.25) is 0 Å². The van der Waals surface area contributed by atoms with E-state index in [4.69, 9.17) is 9.15 Å². The standard InChI is InChI=1S/C10H10BrNO2/c1-2-13-10-12-8-5-7(6-11)3-4-9(8)14-10/h3-5H,2,6H2,1H3. The highest BCUT2D eigenvalue weighted by molar-refractivity contribution is 9.08. The number of nitrogens with zero attached hydrogens (tertiary/aromatic N) is 1. The maximum absolute atomic E-state index is 5.36. The molecule has 0 unspecified atom stereocenters. The van der Waals surface area contributed by atoms with Gasteiger partial charge in [0, 0.05) is 5.33 Å². The Morgan fingerprint density at radius 3 is 3.07 bits per heavy atom. The summed E-state index contributed by atoms with van der Waals surface area (Å²) < 4.78 is 10.5. The van der Waals surface area contributed by atoms with E-state index in [2.05, 4.69) is 20.9 Å². The van der Waals surface area contributed by atoms with Gasteiger partial charge in [-0.05, 0) is 24.6 Å². The Hall–Kier alpha value is -1.03. The molecule has 1 aromatic heterocycles. The van der Waals surface area contributed by atoms with Crippen LogP contribution >= 0.6 is 15.9 Å². The molecule has 0 aliphatic carbocycles. The Balaban J connectivity index is 2.43. The van der Waals surface area contributed by atoms with E-state index in [1.54, 1.807) is 0 Å². The number of alkyl halides is 1. The van der Waals surface area contributed by atoms with E-state index in [-0.39, 0.29) is 0 Å². The highest BCUT2D eigenvalue weighted by Crippen LogP contribution is 2.22. The summed E-state index contributed by atoms with van der Waals surface area (Å²) in [6.45, 7) is 2.47. The molecule has 1 heterocycles. The fourth-order valence-corrected chi connectivity index (χ4v) is 1.57. The molecular formula is C10H10BrNO2. The molecule has 0 radical (unpaired) electrons. The smallest absolute Gasteiger partial charge is 0.394 e. The van der Waals surface area contributed by atoms with Crippen LogP contribution in [0.15, 0.2) is 22.6 Å². The molecule has 0 saturated heterocycles. The van der Waals surface area contributed by atoms with Crippen LogP contribution in [0.2, 0.25) is 0 Å². The number of rotatable bonds is 3. The average Bonchev–Trinajstić information content (AvgIpc) is 2.59. The molecule has 0 atom stereocenters. The molecule has 0 fully saturated rings. The number of hydrogen-bond donors (Lipinski definition) is 0. The molecule has 0 aliphatic heterocycles. The van der Waals surface area contributed by atoms with Crippen LogP contribution in [-0.4, -0.2) is 11.6 Å². The second kappa shape index (κ2) is 4.00. The van der Waals surface area contributed by atoms with Crippen molar-refractivity contribution in [3.63, 3.8) is 0 Å². The number of ether oxygens (including phenoxy) is 1. The number of fused-ring (bicyclic) bond motifs is 1. The minimum Gasteiger partial charge on any atom is -0.450 e. The topological polar surface area (TPSA) is 35.3 Å². The van der Waals surface area contributed by atoms with E-state index in [0.717, 1.165) is 16.4 Å². The largest absolute Gasteiger partial charge is 0.450 e. The van der Waals surface area contributed by atoms with Gasteiger partial charge in [-0.15, -0.1) is 0 Å². The van der Waals surface area contributed by atoms with E-state index in [9.17, 15) is 0 Å². The van der Waals surface area contributed by atoms with Crippen molar-refractivity contribution in [1.82, 2.24) is 4.98 Å². The summed E-state index contributed by atoms with van der Waals surface area (Å²) in [6.07, 6.45) is 0.342. The zero-order valence-electron chi connectivity index (χ0n) is 7.79. The van der Waals surface area contributed by atoms with Gasteiger partial charge in [0.05, 0.1) is 6.61 Å². The van der Waals surface area contributed by atoms with Gasteiger partial charge >= 0.3 is 6.08 Å². The van der Waals surface area contributed by atoms with E-state index < -0.39 is 0 Å². The Morgan fingerprint density at radius 1 is 1.50 bits per heavy atom. The predicted octanol–water partition coefficient (Wildman–Crippen LogP) is 3.12. The zero-order chi connectivity index (χ0) is 9.97. The molecule has 2 rings (SSSR count). The molecule has 74 valence electrons. The first-order valence-corrected chi connectivity index (χ1v) is 5.54. The Morgan fingerprint density at radius 2 is 2.36 bits per heavy atom. The fraction of sp³-hybridized carbons (Fsp3) is 0.300. The van der Waals surface area contributed by atoms with Crippen molar-refractivity contribution in [2.75, 3.05) is 6.61 Å². The fourth-order valence-electron chi connectivity index (χ4n) is 1.22. The quantitative estimate of drug-likeness (QED) is 0.791. The SMILES string of the molecule is CCOc1nc2cc(CBr)ccc2o1. The number of hydrogen-bond acceptors (Lipinski definition) is 3. The molecule has 0 amide bonds. The van der Waals surface area contributed by atoms with Crippen molar-refractivity contribution >= 4 is 27.0 Å². The average molecular weight is 256 g/mol. The lowest BCUT2D eigenvalue weighted by Gasteiger charge is -1.91. The first kappa shape index (κ1) is 9.52. The zero-order valence-corrected chi connectivity index (χ0v) is 9.37. The summed E-state index contributed by atoms with van der Waals surface area (Å²) >= 11 is 3.39. The molecule has 0 bridgehead atoms. The summed E-state index contributed by atoms with van der Waals surface area (Å²) in [6, 6.07) is 5.88. The molecule has 0 spiro atoms. The van der Waals surface area contributed by atoms with Crippen molar-refractivity contribution in [3.8, 4) is 6.08 Å². The molecule has 0 aliphatic rings. The first-order valence-electron chi connectivity index (χ1n) is 4.41. The number of oxazole rings is 1. The maximum atomic E-state index is 5.36. The second-order valence-corrected chi connectivity index (χ2v) is 3.41. The van der Waals surface area contributed by atoms with E-state index >= 15 is 0 Å². The number of aromatic nitrogens is 1. The van der Waals surface area contributed by atoms with Gasteiger partial charge in [-0.25, -0.2) is 0 Å². The molecule has 3 nitrogen and oxygen atoms in total. The maximum Gasteiger partial charge on any atom is 0.394 e. The summed E-state index contributed by atoms with van der Waals surface area (Å²) in [5.41, 5.74) is 2.78. The number of benzene rings is 1. The highest BCUT2D eigenvalue weighted by atomic mass is 79.9. The Labute approximate surface area is 90.2 Å². The molecule has 1 aromatic carbocycles. The Kier molecular flexibility index (Phi) is 2.72. The predicted molar refractivity (Wildman–Crippen MR) is 57.8 cm³/mol. The lowest BCUT2D eigenvalue weighted by molar-refractivity contribution is 0.251. The van der Waals surface area contributed by atoms with Crippen molar-refractivity contribution < 1.29 is 9.15 Å². The van der Waals surface area contributed by atoms with Crippen molar-refractivity contribution in [2.45, 2.75) is 12.3 Å². The third-order valence-electron chi connectivity index (χ3n) is 1.85. The monoisotopic (exact) mass is 255 g/mol. The van der Waals surface area contributed by atoms with E-state index in [0.29, 0.717) is 12.7 Å². The minimum absolute atomic E-state index is 0.342. The van der Waals surface area contributed by atoms with Crippen LogP contribution in [0.5, 0.6) is 6.08 Å². The van der Waals surface area contributed by atoms with Crippen molar-refractivity contribution in [3.05, 3.63) is 23.8 Å². The lowest BCUT2D eigenvalue weighted by atomic mass is 10.2. The van der Waals surface area contributed by atoms with Gasteiger partial charge in [-0.2, -0.15) is 4.98 Å². The summed E-state index contributed by atoms with van der Waals surface area (Å²) in [5.74, 6) is 0. The third kappa shape index (κ3) is 1.75. The molecule has 0 N–H and O–H groups in total. The van der Waals surface area contributed by atoms with Crippen LogP contribution < -0.4 is 4.74 Å². The van der Waals surface area contributed by atoms with Crippen LogP contribution in [0.4, 0.5) is 0 Å². The van der Waals surface area contributed by atoms with Crippen LogP contribution in [0.25, 0.3) is 11.1 Å². The molecule has 4 heteroatoms. The molecule has 14 heavy (non-hydrogen) atoms. The van der Waals surface area contributed by atoms with Gasteiger partial charge in [0.1, 0.15) is 5.52 Å². The number of halogens is 1. The van der Waals surface area contributed by atoms with Crippen LogP contribution in [0.1, 0.15) is 12.5 Å². The van der Waals surface area contributed by atoms with Crippen molar-refractivity contribution in [1.29, 1.82) is 0 Å². The molecule has 2 aromatic rings. The normalized spacial score (nSPS) is 10.7. The van der Waals surface area contributed by atoms with Gasteiger partial charge in [0.15, 0.2) is 5.58 Å². The summed E-state index contributed by atoms with van der Waals surface area (Å²) in [5, 5.41) is 0.819. The molecule has 0 saturated carbocycles. The third-order valence-corrected chi connectivity index (χ3v) is 2.50. The van der Waals surface area contributed by atoms with Gasteiger partial charge in [-0.1, -0.05) is 22.0 Å². The van der Waals surface area contributed by atoms with E-state index in [1.807, 2.05) is 25.1 Å². The van der Waals surface area contributed by atoms with Crippen molar-refractivity contribution in [2.24, 2.45) is 0 Å². The van der Waals surface area contributed by atoms with E-state index in [1.165, 1.54) is 5.56 Å². The summed E-state index contributed by atoms with van der Waals surface area (Å²) in [4.78, 5) is 4.20. The summed E-state index contributed by atoms with van der Waals surface area (Å²) in [7, 11) is 0. The van der Waals surface area contributed by atoms with Crippen LogP contribution in [0, 0.1) is 0 Å². The van der Waals surface area contributed by atoms with Gasteiger partial charge in [0.2, 0.25) is 0 Å². The van der Waals surface area contributed by atoms with Gasteiger partial charge in [0.25, 0.3) is 0 Å². The minimum atomic E-state index is 0.342. The van der Waals surface area contributed by atoms with Gasteiger partial charge < -0.3 is 9.15 Å². The second-order valence-electron chi connectivity index (χ2n) is 2.85.